The van der Waals surface area contributed by atoms with Crippen molar-refractivity contribution < 1.29 is 19.0 Å². The first-order valence-corrected chi connectivity index (χ1v) is 6.31. The Kier molecular flexibility index (Phi) is 6.71. The van der Waals surface area contributed by atoms with Gasteiger partial charge in [0.1, 0.15) is 12.4 Å². The molecule has 0 aliphatic carbocycles. The summed E-state index contributed by atoms with van der Waals surface area (Å²) in [5, 5.41) is 8.59. The number of hydrogen-bond donors (Lipinski definition) is 1. The number of carbonyl (C=O) groups excluding carboxylic acids is 1. The van der Waals surface area contributed by atoms with Crippen LogP contribution in [0.2, 0.25) is 0 Å². The normalized spacial score (nSPS) is 9.80. The van der Waals surface area contributed by atoms with Crippen LogP contribution in [0.5, 0.6) is 0 Å². The fraction of sp³-hybridized carbons (Fsp3) is 0.400. The van der Waals surface area contributed by atoms with Crippen molar-refractivity contribution in [3.05, 3.63) is 35.1 Å². The number of nitrogens with zero attached hydrogens (tertiary/aromatic N) is 1. The van der Waals surface area contributed by atoms with E-state index >= 15 is 0 Å². The molecular formula is C15H18FNO3. The van der Waals surface area contributed by atoms with Gasteiger partial charge in [0.25, 0.3) is 5.91 Å². The monoisotopic (exact) mass is 279 g/mol. The van der Waals surface area contributed by atoms with Crippen LogP contribution in [0.25, 0.3) is 0 Å². The Morgan fingerprint density at radius 3 is 2.80 bits per heavy atom. The molecule has 0 atom stereocenters. The van der Waals surface area contributed by atoms with Crippen LogP contribution in [0.1, 0.15) is 22.8 Å². The third-order valence-electron chi connectivity index (χ3n) is 2.75. The van der Waals surface area contributed by atoms with Crippen LogP contribution in [0.3, 0.4) is 0 Å². The summed E-state index contributed by atoms with van der Waals surface area (Å²) < 4.78 is 18.9. The van der Waals surface area contributed by atoms with Crippen LogP contribution in [0.15, 0.2) is 18.2 Å². The van der Waals surface area contributed by atoms with E-state index in [2.05, 4.69) is 11.8 Å². The van der Waals surface area contributed by atoms with Crippen LogP contribution in [0, 0.1) is 17.7 Å². The highest BCUT2D eigenvalue weighted by Crippen LogP contribution is 2.12. The molecule has 0 aromatic heterocycles. The Balaban J connectivity index is 2.92. The first kappa shape index (κ1) is 16.2. The van der Waals surface area contributed by atoms with Crippen LogP contribution in [0.4, 0.5) is 4.39 Å². The lowest BCUT2D eigenvalue weighted by Crippen LogP contribution is -2.34. The first-order valence-electron chi connectivity index (χ1n) is 6.31. The minimum atomic E-state index is -0.615. The lowest BCUT2D eigenvalue weighted by molar-refractivity contribution is 0.0702. The third-order valence-corrected chi connectivity index (χ3v) is 2.75. The highest BCUT2D eigenvalue weighted by Gasteiger charge is 2.17. The average molecular weight is 279 g/mol. The lowest BCUT2D eigenvalue weighted by Gasteiger charge is -2.20. The largest absolute Gasteiger partial charge is 0.384 e. The van der Waals surface area contributed by atoms with E-state index in [9.17, 15) is 9.18 Å². The molecule has 0 spiro atoms. The molecule has 4 nitrogen and oxygen atoms in total. The molecule has 0 unspecified atom stereocenters. The molecule has 1 rings (SSSR count). The number of carbonyl (C=O) groups is 1. The molecule has 1 amide bonds. The molecule has 1 aromatic rings. The number of methoxy groups -OCH3 is 1. The van der Waals surface area contributed by atoms with E-state index in [-0.39, 0.29) is 18.1 Å². The minimum Gasteiger partial charge on any atom is -0.384 e. The van der Waals surface area contributed by atoms with Gasteiger partial charge in [-0.1, -0.05) is 11.8 Å². The highest BCUT2D eigenvalue weighted by molar-refractivity contribution is 5.94. The number of likely N-dealkylation sites (N-methyl/N-ethyl adjacent to an activating group) is 1. The molecule has 108 valence electrons. The Labute approximate surface area is 118 Å². The average Bonchev–Trinajstić information content (AvgIpc) is 2.45. The van der Waals surface area contributed by atoms with Gasteiger partial charge in [-0.25, -0.2) is 4.39 Å². The minimum absolute atomic E-state index is 0.0116. The molecule has 5 heteroatoms. The maximum atomic E-state index is 13.9. The number of amides is 1. The van der Waals surface area contributed by atoms with Gasteiger partial charge >= 0.3 is 0 Å². The second kappa shape index (κ2) is 8.31. The number of aliphatic hydroxyl groups is 1. The Hall–Kier alpha value is -1.90. The van der Waals surface area contributed by atoms with Crippen LogP contribution in [-0.2, 0) is 4.74 Å². The van der Waals surface area contributed by atoms with Crippen molar-refractivity contribution >= 4 is 5.91 Å². The van der Waals surface area contributed by atoms with E-state index in [1.54, 1.807) is 13.2 Å². The molecule has 1 N–H and O–H groups in total. The molecule has 1 aromatic carbocycles. The zero-order valence-electron chi connectivity index (χ0n) is 11.6. The number of hydrogen-bond acceptors (Lipinski definition) is 3. The zero-order valence-corrected chi connectivity index (χ0v) is 11.6. The topological polar surface area (TPSA) is 49.8 Å². The van der Waals surface area contributed by atoms with Gasteiger partial charge in [-0.15, -0.1) is 0 Å². The predicted molar refractivity (Wildman–Crippen MR) is 73.8 cm³/mol. The number of benzene rings is 1. The lowest BCUT2D eigenvalue weighted by atomic mass is 10.1. The first-order chi connectivity index (χ1) is 9.63. The van der Waals surface area contributed by atoms with Gasteiger partial charge in [-0.3, -0.25) is 4.79 Å². The molecule has 0 radical (unpaired) electrons. The van der Waals surface area contributed by atoms with Gasteiger partial charge in [-0.05, 0) is 25.1 Å². The molecule has 0 aliphatic heterocycles. The summed E-state index contributed by atoms with van der Waals surface area (Å²) >= 11 is 0. The van der Waals surface area contributed by atoms with Crippen LogP contribution >= 0.6 is 0 Å². The summed E-state index contributed by atoms with van der Waals surface area (Å²) in [5.74, 6) is 4.04. The van der Waals surface area contributed by atoms with Gasteiger partial charge in [-0.2, -0.15) is 0 Å². The van der Waals surface area contributed by atoms with Crippen molar-refractivity contribution in [2.45, 2.75) is 6.92 Å². The van der Waals surface area contributed by atoms with Crippen molar-refractivity contribution in [2.24, 2.45) is 0 Å². The summed E-state index contributed by atoms with van der Waals surface area (Å²) in [4.78, 5) is 13.7. The molecule has 0 saturated heterocycles. The van der Waals surface area contributed by atoms with E-state index in [0.29, 0.717) is 25.3 Å². The Bertz CT molecular complexity index is 520. The number of rotatable bonds is 5. The van der Waals surface area contributed by atoms with Crippen LogP contribution in [-0.4, -0.2) is 49.3 Å². The van der Waals surface area contributed by atoms with Gasteiger partial charge in [0, 0.05) is 25.8 Å². The zero-order chi connectivity index (χ0) is 15.0. The smallest absolute Gasteiger partial charge is 0.256 e. The fourth-order valence-corrected chi connectivity index (χ4v) is 1.68. The van der Waals surface area contributed by atoms with Crippen LogP contribution < -0.4 is 0 Å². The molecule has 0 heterocycles. The van der Waals surface area contributed by atoms with Gasteiger partial charge in [0.2, 0.25) is 0 Å². The highest BCUT2D eigenvalue weighted by atomic mass is 19.1. The van der Waals surface area contributed by atoms with Crippen molar-refractivity contribution in [1.82, 2.24) is 4.90 Å². The number of aliphatic hydroxyl groups excluding tert-OH is 1. The Morgan fingerprint density at radius 2 is 2.25 bits per heavy atom. The SMILES string of the molecule is CCN(CCOC)C(=O)c1ccc(C#CCO)cc1F. The Morgan fingerprint density at radius 1 is 1.50 bits per heavy atom. The third kappa shape index (κ3) is 4.34. The molecule has 0 fully saturated rings. The van der Waals surface area contributed by atoms with E-state index in [4.69, 9.17) is 9.84 Å². The molecule has 0 saturated carbocycles. The number of halogens is 1. The quantitative estimate of drug-likeness (QED) is 0.826. The second-order valence-electron chi connectivity index (χ2n) is 4.03. The van der Waals surface area contributed by atoms with E-state index in [1.807, 2.05) is 6.92 Å². The van der Waals surface area contributed by atoms with E-state index < -0.39 is 5.82 Å². The van der Waals surface area contributed by atoms with Crippen molar-refractivity contribution in [2.75, 3.05) is 33.4 Å². The van der Waals surface area contributed by atoms with Crippen molar-refractivity contribution in [3.63, 3.8) is 0 Å². The van der Waals surface area contributed by atoms with Gasteiger partial charge < -0.3 is 14.7 Å². The van der Waals surface area contributed by atoms with E-state index in [0.717, 1.165) is 0 Å². The summed E-state index contributed by atoms with van der Waals surface area (Å²) in [6.07, 6.45) is 0. The predicted octanol–water partition coefficient (Wildman–Crippen LogP) is 1.28. The van der Waals surface area contributed by atoms with Crippen molar-refractivity contribution in [1.29, 1.82) is 0 Å². The van der Waals surface area contributed by atoms with Crippen molar-refractivity contribution in [3.8, 4) is 11.8 Å². The summed E-state index contributed by atoms with van der Waals surface area (Å²) in [6, 6.07) is 4.16. The molecule has 20 heavy (non-hydrogen) atoms. The van der Waals surface area contributed by atoms with Gasteiger partial charge in [0.05, 0.1) is 12.2 Å². The summed E-state index contributed by atoms with van der Waals surface area (Å²) in [7, 11) is 1.55. The standard InChI is InChI=1S/C15H18FNO3/c1-3-17(8-10-20-2)15(19)13-7-6-12(5-4-9-18)11-14(13)16/h6-7,11,18H,3,8-10H2,1-2H3. The van der Waals surface area contributed by atoms with E-state index in [1.165, 1.54) is 17.0 Å². The maximum absolute atomic E-state index is 13.9. The summed E-state index contributed by atoms with van der Waals surface area (Å²) in [6.45, 7) is 2.84. The molecular weight excluding hydrogens is 261 g/mol. The summed E-state index contributed by atoms with van der Waals surface area (Å²) in [5.41, 5.74) is 0.436. The maximum Gasteiger partial charge on any atom is 0.256 e. The van der Waals surface area contributed by atoms with Gasteiger partial charge in [0.15, 0.2) is 0 Å². The molecule has 0 aliphatic rings. The number of ether oxygens (including phenoxy) is 1. The second-order valence-corrected chi connectivity index (χ2v) is 4.03. The fourth-order valence-electron chi connectivity index (χ4n) is 1.68. The molecule has 0 bridgehead atoms.